The maximum atomic E-state index is 10.8. The minimum absolute atomic E-state index is 0.838. The van der Waals surface area contributed by atoms with Gasteiger partial charge in [0.1, 0.15) is 5.60 Å². The lowest BCUT2D eigenvalue weighted by molar-refractivity contribution is 0.101. The van der Waals surface area contributed by atoms with Gasteiger partial charge in [-0.1, -0.05) is 31.2 Å². The molecular weight excluding hydrogens is 224 g/mol. The summed E-state index contributed by atoms with van der Waals surface area (Å²) in [5.41, 5.74) is 1.87. The zero-order valence-corrected chi connectivity index (χ0v) is 11.2. The van der Waals surface area contributed by atoms with Crippen LogP contribution in [0.3, 0.4) is 0 Å². The van der Waals surface area contributed by atoms with Gasteiger partial charge in [0.05, 0.1) is 6.20 Å². The van der Waals surface area contributed by atoms with Crippen LogP contribution in [0.25, 0.3) is 0 Å². The number of aryl methyl sites for hydroxylation is 2. The minimum atomic E-state index is -0.989. The number of hydrogen-bond acceptors (Lipinski definition) is 2. The van der Waals surface area contributed by atoms with Crippen molar-refractivity contribution in [3.8, 4) is 0 Å². The van der Waals surface area contributed by atoms with Crippen molar-refractivity contribution in [1.29, 1.82) is 0 Å². The first-order valence-corrected chi connectivity index (χ1v) is 6.37. The molecule has 0 saturated heterocycles. The van der Waals surface area contributed by atoms with Crippen LogP contribution in [0.5, 0.6) is 0 Å². The SMILES string of the molecule is CCCn1cc(C(C)(O)c2ccccc2C)cn1. The number of hydrogen-bond donors (Lipinski definition) is 1. The van der Waals surface area contributed by atoms with Gasteiger partial charge < -0.3 is 5.11 Å². The van der Waals surface area contributed by atoms with Crippen molar-refractivity contribution in [2.75, 3.05) is 0 Å². The molecule has 18 heavy (non-hydrogen) atoms. The molecule has 2 rings (SSSR count). The molecule has 1 heterocycles. The number of rotatable bonds is 4. The molecule has 1 aromatic carbocycles. The third kappa shape index (κ3) is 2.31. The Morgan fingerprint density at radius 3 is 2.72 bits per heavy atom. The molecule has 0 fully saturated rings. The highest BCUT2D eigenvalue weighted by molar-refractivity contribution is 5.38. The summed E-state index contributed by atoms with van der Waals surface area (Å²) in [6.07, 6.45) is 4.71. The van der Waals surface area contributed by atoms with Crippen LogP contribution < -0.4 is 0 Å². The van der Waals surface area contributed by atoms with Gasteiger partial charge in [-0.25, -0.2) is 0 Å². The summed E-state index contributed by atoms with van der Waals surface area (Å²) in [6.45, 7) is 6.83. The van der Waals surface area contributed by atoms with Gasteiger partial charge in [-0.3, -0.25) is 4.68 Å². The quantitative estimate of drug-likeness (QED) is 0.898. The van der Waals surface area contributed by atoms with Crippen LogP contribution in [0.4, 0.5) is 0 Å². The Morgan fingerprint density at radius 1 is 1.33 bits per heavy atom. The largest absolute Gasteiger partial charge is 0.381 e. The van der Waals surface area contributed by atoms with Crippen LogP contribution in [0, 0.1) is 6.92 Å². The molecule has 96 valence electrons. The lowest BCUT2D eigenvalue weighted by Gasteiger charge is -2.24. The van der Waals surface area contributed by atoms with E-state index in [-0.39, 0.29) is 0 Å². The van der Waals surface area contributed by atoms with Crippen molar-refractivity contribution >= 4 is 0 Å². The molecule has 1 unspecified atom stereocenters. The molecule has 1 N–H and O–H groups in total. The smallest absolute Gasteiger partial charge is 0.115 e. The Bertz CT molecular complexity index is 529. The highest BCUT2D eigenvalue weighted by Crippen LogP contribution is 2.30. The zero-order valence-electron chi connectivity index (χ0n) is 11.2. The molecule has 0 saturated carbocycles. The number of aromatic nitrogens is 2. The summed E-state index contributed by atoms with van der Waals surface area (Å²) in [5.74, 6) is 0. The molecule has 3 nitrogen and oxygen atoms in total. The molecule has 1 atom stereocenters. The topological polar surface area (TPSA) is 38.0 Å². The monoisotopic (exact) mass is 244 g/mol. The van der Waals surface area contributed by atoms with Gasteiger partial charge >= 0.3 is 0 Å². The summed E-state index contributed by atoms with van der Waals surface area (Å²) in [7, 11) is 0. The summed E-state index contributed by atoms with van der Waals surface area (Å²) in [5, 5.41) is 15.1. The zero-order chi connectivity index (χ0) is 13.2. The summed E-state index contributed by atoms with van der Waals surface area (Å²) < 4.78 is 1.88. The van der Waals surface area contributed by atoms with E-state index in [4.69, 9.17) is 0 Å². The van der Waals surface area contributed by atoms with E-state index in [0.29, 0.717) is 0 Å². The standard InChI is InChI=1S/C15H20N2O/c1-4-9-17-11-13(10-16-17)15(3,18)14-8-6-5-7-12(14)2/h5-8,10-11,18H,4,9H2,1-3H3. The number of benzene rings is 1. The molecular formula is C15H20N2O. The normalized spacial score (nSPS) is 14.4. The second-order valence-electron chi connectivity index (χ2n) is 4.88. The molecule has 2 aromatic rings. The predicted octanol–water partition coefficient (Wildman–Crippen LogP) is 2.86. The van der Waals surface area contributed by atoms with Crippen LogP contribution in [-0.2, 0) is 12.1 Å². The van der Waals surface area contributed by atoms with Crippen LogP contribution in [0.1, 0.15) is 37.0 Å². The van der Waals surface area contributed by atoms with Crippen molar-refractivity contribution < 1.29 is 5.11 Å². The van der Waals surface area contributed by atoms with E-state index in [1.807, 2.05) is 49.0 Å². The van der Waals surface area contributed by atoms with Crippen molar-refractivity contribution in [1.82, 2.24) is 9.78 Å². The van der Waals surface area contributed by atoms with Crippen molar-refractivity contribution in [2.24, 2.45) is 0 Å². The summed E-state index contributed by atoms with van der Waals surface area (Å²) in [6, 6.07) is 7.91. The molecule has 0 spiro atoms. The van der Waals surface area contributed by atoms with Crippen LogP contribution in [0.15, 0.2) is 36.7 Å². The Labute approximate surface area is 108 Å². The molecule has 0 aliphatic heterocycles. The van der Waals surface area contributed by atoms with E-state index >= 15 is 0 Å². The average Bonchev–Trinajstić information content (AvgIpc) is 2.79. The maximum Gasteiger partial charge on any atom is 0.115 e. The van der Waals surface area contributed by atoms with Gasteiger partial charge in [-0.05, 0) is 31.4 Å². The minimum Gasteiger partial charge on any atom is -0.381 e. The molecule has 0 aliphatic rings. The van der Waals surface area contributed by atoms with Crippen molar-refractivity contribution in [3.05, 3.63) is 53.3 Å². The Balaban J connectivity index is 2.38. The molecule has 0 aliphatic carbocycles. The van der Waals surface area contributed by atoms with E-state index in [9.17, 15) is 5.11 Å². The third-order valence-electron chi connectivity index (χ3n) is 3.32. The third-order valence-corrected chi connectivity index (χ3v) is 3.32. The maximum absolute atomic E-state index is 10.8. The number of nitrogens with zero attached hydrogens (tertiary/aromatic N) is 2. The molecule has 1 aromatic heterocycles. The fourth-order valence-corrected chi connectivity index (χ4v) is 2.24. The molecule has 0 radical (unpaired) electrons. The van der Waals surface area contributed by atoms with Gasteiger partial charge in [0.2, 0.25) is 0 Å². The van der Waals surface area contributed by atoms with E-state index in [1.165, 1.54) is 0 Å². The second kappa shape index (κ2) is 4.94. The first-order chi connectivity index (χ1) is 8.55. The fraction of sp³-hybridized carbons (Fsp3) is 0.400. The lowest BCUT2D eigenvalue weighted by atomic mass is 9.87. The van der Waals surface area contributed by atoms with Crippen molar-refractivity contribution in [2.45, 2.75) is 39.3 Å². The van der Waals surface area contributed by atoms with Gasteiger partial charge in [0, 0.05) is 18.3 Å². The van der Waals surface area contributed by atoms with Gasteiger partial charge in [-0.2, -0.15) is 5.10 Å². The highest BCUT2D eigenvalue weighted by atomic mass is 16.3. The fourth-order valence-electron chi connectivity index (χ4n) is 2.24. The van der Waals surface area contributed by atoms with Crippen LogP contribution >= 0.6 is 0 Å². The van der Waals surface area contributed by atoms with E-state index in [0.717, 1.165) is 29.7 Å². The van der Waals surface area contributed by atoms with Crippen LogP contribution in [-0.4, -0.2) is 14.9 Å². The average molecular weight is 244 g/mol. The van der Waals surface area contributed by atoms with E-state index < -0.39 is 5.60 Å². The molecule has 3 heteroatoms. The first kappa shape index (κ1) is 12.8. The lowest BCUT2D eigenvalue weighted by Crippen LogP contribution is -2.23. The van der Waals surface area contributed by atoms with E-state index in [2.05, 4.69) is 12.0 Å². The van der Waals surface area contributed by atoms with Gasteiger partial charge in [0.15, 0.2) is 0 Å². The summed E-state index contributed by atoms with van der Waals surface area (Å²) in [4.78, 5) is 0. The Kier molecular flexibility index (Phi) is 3.53. The van der Waals surface area contributed by atoms with E-state index in [1.54, 1.807) is 6.20 Å². The second-order valence-corrected chi connectivity index (χ2v) is 4.88. The molecule has 0 amide bonds. The highest BCUT2D eigenvalue weighted by Gasteiger charge is 2.28. The summed E-state index contributed by atoms with van der Waals surface area (Å²) >= 11 is 0. The predicted molar refractivity (Wildman–Crippen MR) is 72.4 cm³/mol. The van der Waals surface area contributed by atoms with Crippen LogP contribution in [0.2, 0.25) is 0 Å². The molecule has 0 bridgehead atoms. The Hall–Kier alpha value is -1.61. The first-order valence-electron chi connectivity index (χ1n) is 6.37. The van der Waals surface area contributed by atoms with Gasteiger partial charge in [0.25, 0.3) is 0 Å². The van der Waals surface area contributed by atoms with Gasteiger partial charge in [-0.15, -0.1) is 0 Å². The van der Waals surface area contributed by atoms with Crippen molar-refractivity contribution in [3.63, 3.8) is 0 Å². The number of aliphatic hydroxyl groups is 1. The Morgan fingerprint density at radius 2 is 2.06 bits per heavy atom.